The van der Waals surface area contributed by atoms with E-state index in [-0.39, 0.29) is 18.2 Å². The van der Waals surface area contributed by atoms with Gasteiger partial charge in [0.15, 0.2) is 0 Å². The van der Waals surface area contributed by atoms with Crippen LogP contribution >= 0.6 is 11.3 Å². The number of piperazine rings is 1. The Bertz CT molecular complexity index is 787. The van der Waals surface area contributed by atoms with E-state index in [1.54, 1.807) is 0 Å². The third-order valence-corrected chi connectivity index (χ3v) is 4.98. The van der Waals surface area contributed by atoms with Crippen LogP contribution in [0.3, 0.4) is 0 Å². The standard InChI is InChI=1S/C18H22N4O2S/c1-12-3-4-13(2)15(7-12)21-16(23)8-18-20-14(11-25-18)9-22-6-5-19-17(24)10-22/h3-4,7,11H,5-6,8-10H2,1-2H3,(H,19,24)(H,21,23). The van der Waals surface area contributed by atoms with Crippen LogP contribution < -0.4 is 10.6 Å². The first-order chi connectivity index (χ1) is 12.0. The summed E-state index contributed by atoms with van der Waals surface area (Å²) in [6.45, 7) is 6.52. The highest BCUT2D eigenvalue weighted by Crippen LogP contribution is 2.18. The predicted molar refractivity (Wildman–Crippen MR) is 98.7 cm³/mol. The molecule has 2 amide bonds. The Morgan fingerprint density at radius 2 is 2.24 bits per heavy atom. The number of aryl methyl sites for hydroxylation is 2. The zero-order chi connectivity index (χ0) is 17.8. The van der Waals surface area contributed by atoms with Crippen molar-refractivity contribution in [1.82, 2.24) is 15.2 Å². The summed E-state index contributed by atoms with van der Waals surface area (Å²) >= 11 is 1.49. The summed E-state index contributed by atoms with van der Waals surface area (Å²) in [6, 6.07) is 6.00. The van der Waals surface area contributed by atoms with E-state index in [1.165, 1.54) is 11.3 Å². The van der Waals surface area contributed by atoms with Gasteiger partial charge in [0.1, 0.15) is 5.01 Å². The molecular weight excluding hydrogens is 336 g/mol. The number of rotatable bonds is 5. The van der Waals surface area contributed by atoms with Crippen LogP contribution in [0.1, 0.15) is 21.8 Å². The van der Waals surface area contributed by atoms with Crippen molar-refractivity contribution in [1.29, 1.82) is 0 Å². The van der Waals surface area contributed by atoms with Crippen molar-refractivity contribution in [2.45, 2.75) is 26.8 Å². The number of thiazole rings is 1. The van der Waals surface area contributed by atoms with Crippen molar-refractivity contribution in [3.8, 4) is 0 Å². The van der Waals surface area contributed by atoms with Crippen molar-refractivity contribution in [2.24, 2.45) is 0 Å². The first kappa shape index (κ1) is 17.6. The second kappa shape index (κ2) is 7.76. The molecule has 7 heteroatoms. The van der Waals surface area contributed by atoms with Crippen molar-refractivity contribution < 1.29 is 9.59 Å². The average molecular weight is 358 g/mol. The highest BCUT2D eigenvalue weighted by atomic mass is 32.1. The van der Waals surface area contributed by atoms with Crippen LogP contribution in [0.4, 0.5) is 5.69 Å². The van der Waals surface area contributed by atoms with Gasteiger partial charge >= 0.3 is 0 Å². The van der Waals surface area contributed by atoms with Gasteiger partial charge in [-0.3, -0.25) is 14.5 Å². The SMILES string of the molecule is Cc1ccc(C)c(NC(=O)Cc2nc(CN3CCNC(=O)C3)cs2)c1. The minimum absolute atomic E-state index is 0.0506. The van der Waals surface area contributed by atoms with Crippen LogP contribution in [0.15, 0.2) is 23.6 Å². The maximum Gasteiger partial charge on any atom is 0.234 e. The van der Waals surface area contributed by atoms with Crippen molar-refractivity contribution in [3.05, 3.63) is 45.4 Å². The molecule has 1 aromatic heterocycles. The highest BCUT2D eigenvalue weighted by Gasteiger charge is 2.17. The molecular formula is C18H22N4O2S. The van der Waals surface area contributed by atoms with Gasteiger partial charge in [0.25, 0.3) is 0 Å². The third kappa shape index (κ3) is 4.87. The van der Waals surface area contributed by atoms with Crippen LogP contribution in [0, 0.1) is 13.8 Å². The molecule has 0 radical (unpaired) electrons. The highest BCUT2D eigenvalue weighted by molar-refractivity contribution is 7.09. The first-order valence-electron chi connectivity index (χ1n) is 8.29. The van der Waals surface area contributed by atoms with Gasteiger partial charge in [-0.1, -0.05) is 12.1 Å². The number of hydrogen-bond donors (Lipinski definition) is 2. The van der Waals surface area contributed by atoms with Gasteiger partial charge in [0, 0.05) is 30.7 Å². The Balaban J connectivity index is 1.56. The summed E-state index contributed by atoms with van der Waals surface area (Å²) in [7, 11) is 0. The van der Waals surface area contributed by atoms with Crippen molar-refractivity contribution >= 4 is 28.8 Å². The molecule has 1 aliphatic heterocycles. The summed E-state index contributed by atoms with van der Waals surface area (Å²) < 4.78 is 0. The lowest BCUT2D eigenvalue weighted by Gasteiger charge is -2.25. The predicted octanol–water partition coefficient (Wildman–Crippen LogP) is 1.87. The number of carbonyl (C=O) groups excluding carboxylic acids is 2. The number of amides is 2. The number of anilines is 1. The second-order valence-corrected chi connectivity index (χ2v) is 7.28. The molecule has 2 heterocycles. The first-order valence-corrected chi connectivity index (χ1v) is 9.17. The topological polar surface area (TPSA) is 74.3 Å². The fourth-order valence-corrected chi connectivity index (χ4v) is 3.54. The maximum absolute atomic E-state index is 12.3. The minimum atomic E-state index is -0.0630. The molecule has 6 nitrogen and oxygen atoms in total. The number of nitrogens with one attached hydrogen (secondary N) is 2. The van der Waals surface area contributed by atoms with Gasteiger partial charge in [-0.05, 0) is 31.0 Å². The van der Waals surface area contributed by atoms with E-state index in [4.69, 9.17) is 0 Å². The molecule has 0 unspecified atom stereocenters. The molecule has 3 rings (SSSR count). The van der Waals surface area contributed by atoms with Crippen molar-refractivity contribution in [3.63, 3.8) is 0 Å². The molecule has 2 aromatic rings. The molecule has 25 heavy (non-hydrogen) atoms. The molecule has 0 spiro atoms. The van der Waals surface area contributed by atoms with Gasteiger partial charge in [0.2, 0.25) is 11.8 Å². The van der Waals surface area contributed by atoms with E-state index in [0.717, 1.165) is 34.1 Å². The lowest BCUT2D eigenvalue weighted by atomic mass is 10.1. The van der Waals surface area contributed by atoms with Crippen LogP contribution in [0.2, 0.25) is 0 Å². The van der Waals surface area contributed by atoms with Crippen molar-refractivity contribution in [2.75, 3.05) is 25.0 Å². The molecule has 1 aromatic carbocycles. The number of nitrogens with zero attached hydrogens (tertiary/aromatic N) is 2. The van der Waals surface area contributed by atoms with E-state index >= 15 is 0 Å². The summed E-state index contributed by atoms with van der Waals surface area (Å²) in [4.78, 5) is 30.3. The normalized spacial score (nSPS) is 15.0. The quantitative estimate of drug-likeness (QED) is 0.856. The van der Waals surface area contributed by atoms with Gasteiger partial charge in [-0.2, -0.15) is 0 Å². The zero-order valence-corrected chi connectivity index (χ0v) is 15.3. The second-order valence-electron chi connectivity index (χ2n) is 6.34. The Kier molecular flexibility index (Phi) is 5.45. The number of aromatic nitrogens is 1. The molecule has 1 aliphatic rings. The fraction of sp³-hybridized carbons (Fsp3) is 0.389. The van der Waals surface area contributed by atoms with Gasteiger partial charge < -0.3 is 10.6 Å². The summed E-state index contributed by atoms with van der Waals surface area (Å²) in [5.74, 6) is -0.0124. The van der Waals surface area contributed by atoms with Gasteiger partial charge in [0.05, 0.1) is 18.7 Å². The van der Waals surface area contributed by atoms with Crippen LogP contribution in [-0.4, -0.2) is 41.3 Å². The molecule has 0 bridgehead atoms. The maximum atomic E-state index is 12.3. The van der Waals surface area contributed by atoms with E-state index in [9.17, 15) is 9.59 Å². The number of carbonyl (C=O) groups is 2. The Hall–Kier alpha value is -2.25. The molecule has 0 saturated carbocycles. The molecule has 1 saturated heterocycles. The largest absolute Gasteiger partial charge is 0.354 e. The lowest BCUT2D eigenvalue weighted by Crippen LogP contribution is -2.47. The van der Waals surface area contributed by atoms with E-state index in [1.807, 2.05) is 37.4 Å². The smallest absolute Gasteiger partial charge is 0.234 e. The van der Waals surface area contributed by atoms with Crippen LogP contribution in [0.25, 0.3) is 0 Å². The molecule has 1 fully saturated rings. The Morgan fingerprint density at radius 1 is 1.40 bits per heavy atom. The fourth-order valence-electron chi connectivity index (χ4n) is 2.76. The average Bonchev–Trinajstić information content (AvgIpc) is 2.97. The summed E-state index contributed by atoms with van der Waals surface area (Å²) in [6.07, 6.45) is 0.262. The van der Waals surface area contributed by atoms with E-state index < -0.39 is 0 Å². The number of benzene rings is 1. The number of hydrogen-bond acceptors (Lipinski definition) is 5. The molecule has 132 valence electrons. The Labute approximate surface area is 151 Å². The zero-order valence-electron chi connectivity index (χ0n) is 14.5. The van der Waals surface area contributed by atoms with Gasteiger partial charge in [-0.15, -0.1) is 11.3 Å². The monoisotopic (exact) mass is 358 g/mol. The third-order valence-electron chi connectivity index (χ3n) is 4.08. The summed E-state index contributed by atoms with van der Waals surface area (Å²) in [5, 5.41) is 8.53. The van der Waals surface area contributed by atoms with E-state index in [0.29, 0.717) is 19.6 Å². The molecule has 2 N–H and O–H groups in total. The Morgan fingerprint density at radius 3 is 3.04 bits per heavy atom. The summed E-state index contributed by atoms with van der Waals surface area (Å²) in [5.41, 5.74) is 3.92. The minimum Gasteiger partial charge on any atom is -0.354 e. The van der Waals surface area contributed by atoms with E-state index in [2.05, 4.69) is 20.5 Å². The lowest BCUT2D eigenvalue weighted by molar-refractivity contribution is -0.124. The van der Waals surface area contributed by atoms with Gasteiger partial charge in [-0.25, -0.2) is 4.98 Å². The van der Waals surface area contributed by atoms with Crippen LogP contribution in [-0.2, 0) is 22.6 Å². The molecule has 0 aliphatic carbocycles. The van der Waals surface area contributed by atoms with Crippen LogP contribution in [0.5, 0.6) is 0 Å². The molecule has 0 atom stereocenters.